The zero-order chi connectivity index (χ0) is 10.7. The molecule has 0 amide bonds. The zero-order valence-corrected chi connectivity index (χ0v) is 9.24. The van der Waals surface area contributed by atoms with E-state index >= 15 is 0 Å². The molecule has 4 nitrogen and oxygen atoms in total. The van der Waals surface area contributed by atoms with E-state index in [9.17, 15) is 0 Å². The molecule has 0 aromatic carbocycles. The summed E-state index contributed by atoms with van der Waals surface area (Å²) in [5, 5.41) is 0.911. The lowest BCUT2D eigenvalue weighted by Gasteiger charge is -2.13. The Balaban J connectivity index is 2.24. The Morgan fingerprint density at radius 2 is 2.27 bits per heavy atom. The molecule has 15 heavy (non-hydrogen) atoms. The summed E-state index contributed by atoms with van der Waals surface area (Å²) in [6, 6.07) is 5.80. The van der Waals surface area contributed by atoms with Crippen molar-refractivity contribution in [2.75, 3.05) is 11.9 Å². The van der Waals surface area contributed by atoms with Gasteiger partial charge in [0, 0.05) is 30.9 Å². The van der Waals surface area contributed by atoms with Crippen molar-refractivity contribution >= 4 is 22.3 Å². The third kappa shape index (κ3) is 2.14. The van der Waals surface area contributed by atoms with Crippen LogP contribution in [0.4, 0.5) is 10.9 Å². The van der Waals surface area contributed by atoms with Gasteiger partial charge in [-0.3, -0.25) is 0 Å². The molecule has 2 heterocycles. The number of hydrogen-bond acceptors (Lipinski definition) is 5. The van der Waals surface area contributed by atoms with E-state index in [-0.39, 0.29) is 0 Å². The molecule has 0 saturated heterocycles. The summed E-state index contributed by atoms with van der Waals surface area (Å²) in [5.41, 5.74) is 5.54. The van der Waals surface area contributed by atoms with Gasteiger partial charge in [-0.15, -0.1) is 11.3 Å². The number of pyridine rings is 1. The van der Waals surface area contributed by atoms with Gasteiger partial charge in [-0.2, -0.15) is 0 Å². The zero-order valence-electron chi connectivity index (χ0n) is 8.42. The Kier molecular flexibility index (Phi) is 2.94. The van der Waals surface area contributed by atoms with Gasteiger partial charge in [0.1, 0.15) is 5.82 Å². The van der Waals surface area contributed by atoms with Gasteiger partial charge >= 0.3 is 0 Å². The lowest BCUT2D eigenvalue weighted by molar-refractivity contribution is 1.08. The molecule has 2 rings (SSSR count). The summed E-state index contributed by atoms with van der Waals surface area (Å²) < 4.78 is 0. The molecule has 0 unspecified atom stereocenters. The van der Waals surface area contributed by atoms with Crippen LogP contribution >= 0.6 is 11.3 Å². The van der Waals surface area contributed by atoms with Crippen molar-refractivity contribution in [1.29, 1.82) is 0 Å². The highest BCUT2D eigenvalue weighted by atomic mass is 32.1. The Hall–Kier alpha value is -1.46. The molecule has 2 N–H and O–H groups in total. The topological polar surface area (TPSA) is 55.0 Å². The number of nitrogens with two attached hydrogens (primary N) is 1. The highest BCUT2D eigenvalue weighted by molar-refractivity contribution is 7.15. The van der Waals surface area contributed by atoms with Gasteiger partial charge in [-0.05, 0) is 12.1 Å². The molecule has 0 aliphatic carbocycles. The van der Waals surface area contributed by atoms with E-state index in [0.29, 0.717) is 6.54 Å². The summed E-state index contributed by atoms with van der Waals surface area (Å²) in [6.07, 6.45) is 3.57. The number of nitrogens with zero attached hydrogens (tertiary/aromatic N) is 3. The lowest BCUT2D eigenvalue weighted by Crippen LogP contribution is -2.10. The predicted octanol–water partition coefficient (Wildman–Crippen LogP) is 1.76. The third-order valence-electron chi connectivity index (χ3n) is 2.02. The lowest BCUT2D eigenvalue weighted by atomic mass is 10.4. The van der Waals surface area contributed by atoms with Gasteiger partial charge < -0.3 is 10.6 Å². The Labute approximate surface area is 92.4 Å². The third-order valence-corrected chi connectivity index (χ3v) is 3.12. The quantitative estimate of drug-likeness (QED) is 0.856. The SMILES string of the molecule is CN(c1ccccn1)c1ncc(CN)s1. The highest BCUT2D eigenvalue weighted by Crippen LogP contribution is 2.25. The van der Waals surface area contributed by atoms with Crippen molar-refractivity contribution in [3.8, 4) is 0 Å². The Bertz CT molecular complexity index is 426. The van der Waals surface area contributed by atoms with Crippen molar-refractivity contribution in [2.24, 2.45) is 5.73 Å². The molecule has 5 heteroatoms. The van der Waals surface area contributed by atoms with Crippen LogP contribution in [0.25, 0.3) is 0 Å². The molecular weight excluding hydrogens is 208 g/mol. The van der Waals surface area contributed by atoms with E-state index in [1.165, 1.54) is 0 Å². The largest absolute Gasteiger partial charge is 0.326 e. The first-order valence-electron chi connectivity index (χ1n) is 4.61. The molecule has 2 aromatic heterocycles. The van der Waals surface area contributed by atoms with Crippen LogP contribution in [-0.4, -0.2) is 17.0 Å². The molecule has 0 saturated carbocycles. The normalized spacial score (nSPS) is 10.3. The second-order valence-electron chi connectivity index (χ2n) is 3.06. The number of hydrogen-bond donors (Lipinski definition) is 1. The molecule has 0 spiro atoms. The monoisotopic (exact) mass is 220 g/mol. The minimum absolute atomic E-state index is 0.535. The van der Waals surface area contributed by atoms with Crippen LogP contribution in [0, 0.1) is 0 Å². The van der Waals surface area contributed by atoms with Crippen LogP contribution in [-0.2, 0) is 6.54 Å². The van der Waals surface area contributed by atoms with E-state index in [1.54, 1.807) is 23.7 Å². The average Bonchev–Trinajstić information content (AvgIpc) is 2.78. The molecule has 0 aliphatic rings. The number of thiazole rings is 1. The van der Waals surface area contributed by atoms with E-state index in [2.05, 4.69) is 9.97 Å². The Morgan fingerprint density at radius 1 is 1.40 bits per heavy atom. The van der Waals surface area contributed by atoms with Crippen molar-refractivity contribution in [2.45, 2.75) is 6.54 Å². The van der Waals surface area contributed by atoms with Gasteiger partial charge in [-0.1, -0.05) is 6.07 Å². The summed E-state index contributed by atoms with van der Waals surface area (Å²) in [7, 11) is 1.95. The van der Waals surface area contributed by atoms with Crippen molar-refractivity contribution < 1.29 is 0 Å². The van der Waals surface area contributed by atoms with E-state index in [1.807, 2.05) is 30.1 Å². The van der Waals surface area contributed by atoms with Gasteiger partial charge in [0.15, 0.2) is 5.13 Å². The number of rotatable bonds is 3. The van der Waals surface area contributed by atoms with E-state index in [4.69, 9.17) is 5.73 Å². The number of anilines is 2. The first-order chi connectivity index (χ1) is 7.31. The summed E-state index contributed by atoms with van der Waals surface area (Å²) in [4.78, 5) is 11.6. The first-order valence-corrected chi connectivity index (χ1v) is 5.42. The van der Waals surface area contributed by atoms with Crippen molar-refractivity contribution in [3.63, 3.8) is 0 Å². The fraction of sp³-hybridized carbons (Fsp3) is 0.200. The maximum absolute atomic E-state index is 5.54. The molecule has 0 fully saturated rings. The van der Waals surface area contributed by atoms with Gasteiger partial charge in [-0.25, -0.2) is 9.97 Å². The fourth-order valence-corrected chi connectivity index (χ4v) is 1.96. The summed E-state index contributed by atoms with van der Waals surface area (Å²) >= 11 is 1.59. The molecule has 0 radical (unpaired) electrons. The van der Waals surface area contributed by atoms with Crippen LogP contribution in [0.1, 0.15) is 4.88 Å². The van der Waals surface area contributed by atoms with Crippen LogP contribution in [0.3, 0.4) is 0 Å². The van der Waals surface area contributed by atoms with E-state index < -0.39 is 0 Å². The standard InChI is InChI=1S/C10H12N4S/c1-14(9-4-2-3-5-12-9)10-13-7-8(6-11)15-10/h2-5,7H,6,11H2,1H3. The second-order valence-corrected chi connectivity index (χ2v) is 4.15. The second kappa shape index (κ2) is 4.37. The fourth-order valence-electron chi connectivity index (χ4n) is 1.20. The predicted molar refractivity (Wildman–Crippen MR) is 62.3 cm³/mol. The van der Waals surface area contributed by atoms with Gasteiger partial charge in [0.25, 0.3) is 0 Å². The van der Waals surface area contributed by atoms with Gasteiger partial charge in [0.2, 0.25) is 0 Å². The molecular formula is C10H12N4S. The molecule has 0 bridgehead atoms. The van der Waals surface area contributed by atoms with Crippen LogP contribution in [0.2, 0.25) is 0 Å². The molecule has 2 aromatic rings. The maximum Gasteiger partial charge on any atom is 0.190 e. The molecule has 0 atom stereocenters. The highest BCUT2D eigenvalue weighted by Gasteiger charge is 2.08. The van der Waals surface area contributed by atoms with Gasteiger partial charge in [0.05, 0.1) is 0 Å². The van der Waals surface area contributed by atoms with Crippen LogP contribution in [0.15, 0.2) is 30.6 Å². The van der Waals surface area contributed by atoms with Crippen molar-refractivity contribution in [1.82, 2.24) is 9.97 Å². The molecule has 78 valence electrons. The van der Waals surface area contributed by atoms with Crippen LogP contribution in [0.5, 0.6) is 0 Å². The van der Waals surface area contributed by atoms with Crippen molar-refractivity contribution in [3.05, 3.63) is 35.5 Å². The first kappa shape index (κ1) is 10.1. The Morgan fingerprint density at radius 3 is 2.87 bits per heavy atom. The summed E-state index contributed by atoms with van der Waals surface area (Å²) in [6.45, 7) is 0.535. The summed E-state index contributed by atoms with van der Waals surface area (Å²) in [5.74, 6) is 0.885. The number of aromatic nitrogens is 2. The minimum atomic E-state index is 0.535. The minimum Gasteiger partial charge on any atom is -0.326 e. The van der Waals surface area contributed by atoms with Crippen LogP contribution < -0.4 is 10.6 Å². The maximum atomic E-state index is 5.54. The molecule has 0 aliphatic heterocycles. The average molecular weight is 220 g/mol. The smallest absolute Gasteiger partial charge is 0.190 e. The van der Waals surface area contributed by atoms with E-state index in [0.717, 1.165) is 15.8 Å².